The summed E-state index contributed by atoms with van der Waals surface area (Å²) in [5.74, 6) is 6.14. The lowest BCUT2D eigenvalue weighted by atomic mass is 10.1. The molecule has 0 saturated heterocycles. The molecule has 0 heterocycles. The fourth-order valence-electron chi connectivity index (χ4n) is 2.37. The molecule has 3 heteroatoms. The predicted molar refractivity (Wildman–Crippen MR) is 82.3 cm³/mol. The highest BCUT2D eigenvalue weighted by atomic mass is 16.2. The Hall–Kier alpha value is -1.79. The standard InChI is InChI=1S/C17H22N2O/c1-4-13-10-12(6-5-9-18)7-8-15(13)19-16(20)14-11-17(14,2)3/h7-8,10,14H,4,9,11,18H2,1-3H3,(H,19,20). The van der Waals surface area contributed by atoms with E-state index in [1.54, 1.807) is 0 Å². The summed E-state index contributed by atoms with van der Waals surface area (Å²) in [6.07, 6.45) is 1.84. The minimum atomic E-state index is 0.130. The maximum Gasteiger partial charge on any atom is 0.228 e. The van der Waals surface area contributed by atoms with Gasteiger partial charge in [0.05, 0.1) is 6.54 Å². The van der Waals surface area contributed by atoms with Crippen molar-refractivity contribution >= 4 is 11.6 Å². The molecule has 1 unspecified atom stereocenters. The first kappa shape index (κ1) is 14.6. The number of amides is 1. The van der Waals surface area contributed by atoms with Gasteiger partial charge in [-0.3, -0.25) is 4.79 Å². The Morgan fingerprint density at radius 2 is 2.20 bits per heavy atom. The number of benzene rings is 1. The van der Waals surface area contributed by atoms with Crippen LogP contribution in [0.3, 0.4) is 0 Å². The van der Waals surface area contributed by atoms with E-state index in [-0.39, 0.29) is 17.2 Å². The second-order valence-electron chi connectivity index (χ2n) is 5.97. The molecule has 106 valence electrons. The van der Waals surface area contributed by atoms with Crippen molar-refractivity contribution < 1.29 is 4.79 Å². The lowest BCUT2D eigenvalue weighted by Crippen LogP contribution is -2.17. The maximum absolute atomic E-state index is 12.2. The van der Waals surface area contributed by atoms with E-state index in [0.29, 0.717) is 6.54 Å². The molecule has 1 amide bonds. The van der Waals surface area contributed by atoms with Gasteiger partial charge in [0.2, 0.25) is 5.91 Å². The van der Waals surface area contributed by atoms with Crippen molar-refractivity contribution in [2.75, 3.05) is 11.9 Å². The number of nitrogens with two attached hydrogens (primary N) is 1. The monoisotopic (exact) mass is 270 g/mol. The van der Waals surface area contributed by atoms with Crippen molar-refractivity contribution in [1.82, 2.24) is 0 Å². The van der Waals surface area contributed by atoms with Gasteiger partial charge in [-0.15, -0.1) is 0 Å². The van der Waals surface area contributed by atoms with Crippen molar-refractivity contribution in [2.24, 2.45) is 17.1 Å². The number of anilines is 1. The number of nitrogens with one attached hydrogen (secondary N) is 1. The Labute approximate surface area is 120 Å². The average Bonchev–Trinajstić information content (AvgIpc) is 3.06. The van der Waals surface area contributed by atoms with Crippen LogP contribution in [0.5, 0.6) is 0 Å². The summed E-state index contributed by atoms with van der Waals surface area (Å²) in [6, 6.07) is 5.89. The Bertz CT molecular complexity index is 578. The van der Waals surface area contributed by atoms with Crippen molar-refractivity contribution in [3.63, 3.8) is 0 Å². The van der Waals surface area contributed by atoms with E-state index >= 15 is 0 Å². The lowest BCUT2D eigenvalue weighted by Gasteiger charge is -2.11. The third-order valence-electron chi connectivity index (χ3n) is 3.91. The van der Waals surface area contributed by atoms with Crippen molar-refractivity contribution in [3.05, 3.63) is 29.3 Å². The zero-order chi connectivity index (χ0) is 14.8. The van der Waals surface area contributed by atoms with E-state index < -0.39 is 0 Å². The van der Waals surface area contributed by atoms with Gasteiger partial charge >= 0.3 is 0 Å². The van der Waals surface area contributed by atoms with Gasteiger partial charge in [-0.25, -0.2) is 0 Å². The van der Waals surface area contributed by atoms with Crippen LogP contribution in [-0.4, -0.2) is 12.5 Å². The third-order valence-corrected chi connectivity index (χ3v) is 3.91. The molecule has 1 fully saturated rings. The van der Waals surface area contributed by atoms with Gasteiger partial charge in [0.25, 0.3) is 0 Å². The van der Waals surface area contributed by atoms with Crippen LogP contribution in [0.2, 0.25) is 0 Å². The Morgan fingerprint density at radius 3 is 2.75 bits per heavy atom. The van der Waals surface area contributed by atoms with Gasteiger partial charge in [-0.1, -0.05) is 32.6 Å². The summed E-state index contributed by atoms with van der Waals surface area (Å²) in [6.45, 7) is 6.69. The summed E-state index contributed by atoms with van der Waals surface area (Å²) in [7, 11) is 0. The Morgan fingerprint density at radius 1 is 1.50 bits per heavy atom. The van der Waals surface area contributed by atoms with Crippen LogP contribution >= 0.6 is 0 Å². The molecule has 1 aliphatic rings. The molecule has 0 radical (unpaired) electrons. The molecule has 1 aliphatic carbocycles. The Kier molecular flexibility index (Phi) is 4.15. The van der Waals surface area contributed by atoms with Crippen molar-refractivity contribution in [2.45, 2.75) is 33.6 Å². The summed E-state index contributed by atoms with van der Waals surface area (Å²) in [4.78, 5) is 12.2. The summed E-state index contributed by atoms with van der Waals surface area (Å²) in [5, 5.41) is 3.05. The van der Waals surface area contributed by atoms with E-state index in [0.717, 1.165) is 29.7 Å². The smallest absolute Gasteiger partial charge is 0.228 e. The molecule has 1 aromatic carbocycles. The van der Waals surface area contributed by atoms with E-state index in [2.05, 4.69) is 37.9 Å². The van der Waals surface area contributed by atoms with Crippen LogP contribution in [0, 0.1) is 23.2 Å². The topological polar surface area (TPSA) is 55.1 Å². The lowest BCUT2D eigenvalue weighted by molar-refractivity contribution is -0.118. The molecule has 0 aromatic heterocycles. The first-order valence-corrected chi connectivity index (χ1v) is 7.10. The van der Waals surface area contributed by atoms with Crippen LogP contribution in [0.25, 0.3) is 0 Å². The molecule has 3 N–H and O–H groups in total. The second kappa shape index (κ2) is 5.68. The maximum atomic E-state index is 12.2. The minimum absolute atomic E-state index is 0.130. The zero-order valence-corrected chi connectivity index (χ0v) is 12.4. The van der Waals surface area contributed by atoms with Crippen molar-refractivity contribution in [3.8, 4) is 11.8 Å². The Balaban J connectivity index is 2.14. The number of hydrogen-bond acceptors (Lipinski definition) is 2. The molecular weight excluding hydrogens is 248 g/mol. The molecule has 2 rings (SSSR count). The fourth-order valence-corrected chi connectivity index (χ4v) is 2.37. The predicted octanol–water partition coefficient (Wildman–Crippen LogP) is 2.54. The first-order chi connectivity index (χ1) is 9.47. The molecule has 1 saturated carbocycles. The molecule has 1 atom stereocenters. The van der Waals surface area contributed by atoms with Crippen LogP contribution in [0.1, 0.15) is 38.3 Å². The number of aryl methyl sites for hydroxylation is 1. The molecule has 0 bridgehead atoms. The highest BCUT2D eigenvalue weighted by molar-refractivity contribution is 5.95. The molecular formula is C17H22N2O. The summed E-state index contributed by atoms with van der Waals surface area (Å²) >= 11 is 0. The van der Waals surface area contributed by atoms with E-state index in [9.17, 15) is 4.79 Å². The zero-order valence-electron chi connectivity index (χ0n) is 12.4. The molecule has 0 aliphatic heterocycles. The molecule has 0 spiro atoms. The van der Waals surface area contributed by atoms with Crippen LogP contribution < -0.4 is 11.1 Å². The van der Waals surface area contributed by atoms with Crippen LogP contribution in [0.15, 0.2) is 18.2 Å². The largest absolute Gasteiger partial charge is 0.326 e. The van der Waals surface area contributed by atoms with E-state index in [4.69, 9.17) is 5.73 Å². The first-order valence-electron chi connectivity index (χ1n) is 7.10. The number of hydrogen-bond donors (Lipinski definition) is 2. The molecule has 20 heavy (non-hydrogen) atoms. The number of rotatable bonds is 3. The summed E-state index contributed by atoms with van der Waals surface area (Å²) in [5.41, 5.74) is 8.49. The van der Waals surface area contributed by atoms with Gasteiger partial charge in [-0.05, 0) is 42.0 Å². The van der Waals surface area contributed by atoms with Gasteiger partial charge < -0.3 is 11.1 Å². The van der Waals surface area contributed by atoms with Crippen molar-refractivity contribution in [1.29, 1.82) is 0 Å². The van der Waals surface area contributed by atoms with Gasteiger partial charge in [0.15, 0.2) is 0 Å². The molecule has 3 nitrogen and oxygen atoms in total. The molecule has 1 aromatic rings. The van der Waals surface area contributed by atoms with Crippen LogP contribution in [0.4, 0.5) is 5.69 Å². The van der Waals surface area contributed by atoms with Crippen LogP contribution in [-0.2, 0) is 11.2 Å². The third kappa shape index (κ3) is 3.20. The average molecular weight is 270 g/mol. The second-order valence-corrected chi connectivity index (χ2v) is 5.97. The normalized spacial score (nSPS) is 18.9. The van der Waals surface area contributed by atoms with E-state index in [1.165, 1.54) is 0 Å². The van der Waals surface area contributed by atoms with Gasteiger partial charge in [-0.2, -0.15) is 0 Å². The van der Waals surface area contributed by atoms with Gasteiger partial charge in [0.1, 0.15) is 0 Å². The highest BCUT2D eigenvalue weighted by Crippen LogP contribution is 2.52. The number of carbonyl (C=O) groups excluding carboxylic acids is 1. The quantitative estimate of drug-likeness (QED) is 0.829. The number of carbonyl (C=O) groups is 1. The van der Waals surface area contributed by atoms with E-state index in [1.807, 2.05) is 18.2 Å². The minimum Gasteiger partial charge on any atom is -0.326 e. The highest BCUT2D eigenvalue weighted by Gasteiger charge is 2.50. The fraction of sp³-hybridized carbons (Fsp3) is 0.471. The summed E-state index contributed by atoms with van der Waals surface area (Å²) < 4.78 is 0. The SMILES string of the molecule is CCc1cc(C#CCN)ccc1NC(=O)C1CC1(C)C. The van der Waals surface area contributed by atoms with Gasteiger partial charge in [0, 0.05) is 17.2 Å².